The van der Waals surface area contributed by atoms with E-state index < -0.39 is 10.0 Å². The summed E-state index contributed by atoms with van der Waals surface area (Å²) in [4.78, 5) is 29.9. The molecule has 2 aliphatic rings. The fourth-order valence-corrected chi connectivity index (χ4v) is 6.72. The molecule has 2 amide bonds. The van der Waals surface area contributed by atoms with Crippen molar-refractivity contribution in [1.82, 2.24) is 9.21 Å². The van der Waals surface area contributed by atoms with E-state index in [1.807, 2.05) is 4.90 Å². The van der Waals surface area contributed by atoms with Gasteiger partial charge in [0.25, 0.3) is 0 Å². The molecule has 1 aromatic rings. The highest BCUT2D eigenvalue weighted by atomic mass is 32.2. The minimum atomic E-state index is -3.65. The monoisotopic (exact) mass is 453 g/mol. The Morgan fingerprint density at radius 2 is 1.80 bits per heavy atom. The maximum absolute atomic E-state index is 13.0. The van der Waals surface area contributed by atoms with Gasteiger partial charge in [0.2, 0.25) is 21.8 Å². The molecule has 0 N–H and O–H groups in total. The zero-order valence-corrected chi connectivity index (χ0v) is 19.8. The van der Waals surface area contributed by atoms with Crippen LogP contribution < -0.4 is 4.90 Å². The average molecular weight is 454 g/mol. The minimum absolute atomic E-state index is 0.0550. The minimum Gasteiger partial charge on any atom is -0.341 e. The number of thioether (sulfide) groups is 1. The Morgan fingerprint density at radius 3 is 2.40 bits per heavy atom. The molecule has 0 aromatic heterocycles. The summed E-state index contributed by atoms with van der Waals surface area (Å²) < 4.78 is 27.3. The molecular formula is C21H31N3O4S2. The zero-order chi connectivity index (χ0) is 22.1. The van der Waals surface area contributed by atoms with Crippen molar-refractivity contribution < 1.29 is 18.0 Å². The lowest BCUT2D eigenvalue weighted by Crippen LogP contribution is -2.49. The maximum Gasteiger partial charge on any atom is 0.243 e. The highest BCUT2D eigenvalue weighted by Crippen LogP contribution is 2.37. The van der Waals surface area contributed by atoms with Gasteiger partial charge in [-0.2, -0.15) is 4.31 Å². The number of carbonyl (C=O) groups is 2. The fraction of sp³-hybridized carbons (Fsp3) is 0.619. The molecule has 2 aliphatic heterocycles. The quantitative estimate of drug-likeness (QED) is 0.662. The van der Waals surface area contributed by atoms with Crippen LogP contribution in [0.2, 0.25) is 0 Å². The lowest BCUT2D eigenvalue weighted by Gasteiger charge is -2.37. The van der Waals surface area contributed by atoms with E-state index in [2.05, 4.69) is 13.8 Å². The number of benzene rings is 1. The topological polar surface area (TPSA) is 78.0 Å². The van der Waals surface area contributed by atoms with E-state index in [-0.39, 0.29) is 29.0 Å². The summed E-state index contributed by atoms with van der Waals surface area (Å²) in [6.07, 6.45) is 1.10. The second kappa shape index (κ2) is 9.28. The predicted octanol–water partition coefficient (Wildman–Crippen LogP) is 2.66. The lowest BCUT2D eigenvalue weighted by molar-refractivity contribution is -0.133. The van der Waals surface area contributed by atoms with E-state index in [0.29, 0.717) is 43.7 Å². The highest BCUT2D eigenvalue weighted by molar-refractivity contribution is 8.00. The van der Waals surface area contributed by atoms with Gasteiger partial charge >= 0.3 is 0 Å². The third kappa shape index (κ3) is 4.68. The first-order valence-corrected chi connectivity index (χ1v) is 12.9. The van der Waals surface area contributed by atoms with Gasteiger partial charge in [-0.1, -0.05) is 27.7 Å². The van der Waals surface area contributed by atoms with Crippen LogP contribution in [0.3, 0.4) is 0 Å². The Balaban J connectivity index is 1.89. The van der Waals surface area contributed by atoms with Crippen LogP contribution in [-0.4, -0.2) is 67.9 Å². The second-order valence-corrected chi connectivity index (χ2v) is 11.2. The number of carbonyl (C=O) groups excluding carboxylic acids is 2. The number of likely N-dealkylation sites (tertiary alicyclic amines) is 1. The van der Waals surface area contributed by atoms with Crippen molar-refractivity contribution >= 4 is 39.3 Å². The Labute approximate surface area is 183 Å². The van der Waals surface area contributed by atoms with Gasteiger partial charge < -0.3 is 9.80 Å². The molecule has 30 heavy (non-hydrogen) atoms. The first-order valence-electron chi connectivity index (χ1n) is 10.5. The third-order valence-corrected chi connectivity index (χ3v) is 8.82. The van der Waals surface area contributed by atoms with Crippen molar-refractivity contribution in [3.8, 4) is 0 Å². The van der Waals surface area contributed by atoms with Crippen molar-refractivity contribution in [2.75, 3.05) is 43.4 Å². The smallest absolute Gasteiger partial charge is 0.243 e. The summed E-state index contributed by atoms with van der Waals surface area (Å²) in [6.45, 7) is 9.95. The molecule has 0 aliphatic carbocycles. The number of piperidine rings is 1. The number of sulfonamides is 1. The fourth-order valence-electron chi connectivity index (χ4n) is 4.33. The molecule has 1 fully saturated rings. The largest absolute Gasteiger partial charge is 0.341 e. The summed E-state index contributed by atoms with van der Waals surface area (Å²) in [6, 6.07) is 4.87. The van der Waals surface area contributed by atoms with E-state index in [1.165, 1.54) is 21.0 Å². The number of hydrogen-bond acceptors (Lipinski definition) is 5. The zero-order valence-electron chi connectivity index (χ0n) is 18.1. The molecule has 9 heteroatoms. The molecule has 1 saturated heterocycles. The number of nitrogens with zero attached hydrogens (tertiary/aromatic N) is 3. The van der Waals surface area contributed by atoms with E-state index in [4.69, 9.17) is 0 Å². The van der Waals surface area contributed by atoms with Gasteiger partial charge in [0, 0.05) is 31.1 Å². The number of fused-ring (bicyclic) bond motifs is 1. The molecule has 0 unspecified atom stereocenters. The summed E-state index contributed by atoms with van der Waals surface area (Å²) in [5, 5.41) is 0. The molecule has 0 bridgehead atoms. The van der Waals surface area contributed by atoms with Crippen LogP contribution in [0.4, 0.5) is 5.69 Å². The van der Waals surface area contributed by atoms with Gasteiger partial charge in [0.15, 0.2) is 0 Å². The Bertz CT molecular complexity index is 905. The van der Waals surface area contributed by atoms with Gasteiger partial charge in [-0.15, -0.1) is 11.8 Å². The van der Waals surface area contributed by atoms with Crippen molar-refractivity contribution in [1.29, 1.82) is 0 Å². The summed E-state index contributed by atoms with van der Waals surface area (Å²) in [5.74, 6) is 0.856. The third-order valence-electron chi connectivity index (χ3n) is 5.73. The number of hydrogen-bond donors (Lipinski definition) is 0. The van der Waals surface area contributed by atoms with Gasteiger partial charge in [-0.05, 0) is 36.5 Å². The summed E-state index contributed by atoms with van der Waals surface area (Å²) >= 11 is 1.38. The predicted molar refractivity (Wildman–Crippen MR) is 119 cm³/mol. The second-order valence-electron chi connectivity index (χ2n) is 8.23. The molecule has 2 heterocycles. The van der Waals surface area contributed by atoms with Crippen molar-refractivity contribution in [3.05, 3.63) is 18.2 Å². The maximum atomic E-state index is 13.0. The number of anilines is 1. The van der Waals surface area contributed by atoms with Gasteiger partial charge in [-0.3, -0.25) is 9.59 Å². The van der Waals surface area contributed by atoms with E-state index in [0.717, 1.165) is 11.3 Å². The highest BCUT2D eigenvalue weighted by Gasteiger charge is 2.32. The van der Waals surface area contributed by atoms with Crippen LogP contribution in [-0.2, 0) is 19.6 Å². The normalized spacial score (nSPS) is 22.4. The Hall–Kier alpha value is -1.58. The first-order chi connectivity index (χ1) is 14.2. The van der Waals surface area contributed by atoms with Gasteiger partial charge in [-0.25, -0.2) is 8.42 Å². The number of amides is 2. The summed E-state index contributed by atoms with van der Waals surface area (Å²) in [7, 11) is -3.65. The van der Waals surface area contributed by atoms with Crippen molar-refractivity contribution in [3.63, 3.8) is 0 Å². The molecule has 7 nitrogen and oxygen atoms in total. The molecule has 0 spiro atoms. The molecule has 2 atom stereocenters. The molecule has 0 saturated carbocycles. The SMILES string of the molecule is CCN(CC)S(=O)(=O)c1ccc2c(c1)N(CC(=O)N1C[C@H](C)C[C@@H](C)C1)C(=O)CS2. The Kier molecular flexibility index (Phi) is 7.14. The molecular weight excluding hydrogens is 422 g/mol. The molecule has 3 rings (SSSR count). The van der Waals surface area contributed by atoms with Crippen LogP contribution in [0, 0.1) is 11.8 Å². The molecule has 1 aromatic carbocycles. The lowest BCUT2D eigenvalue weighted by atomic mass is 9.92. The van der Waals surface area contributed by atoms with Crippen LogP contribution >= 0.6 is 11.8 Å². The first kappa shape index (κ1) is 23.1. The van der Waals surface area contributed by atoms with Crippen molar-refractivity contribution in [2.45, 2.75) is 43.9 Å². The summed E-state index contributed by atoms with van der Waals surface area (Å²) in [5.41, 5.74) is 0.510. The average Bonchev–Trinajstić information content (AvgIpc) is 2.69. The van der Waals surface area contributed by atoms with Gasteiger partial charge in [0.05, 0.1) is 16.3 Å². The van der Waals surface area contributed by atoms with E-state index in [9.17, 15) is 18.0 Å². The van der Waals surface area contributed by atoms with Crippen LogP contribution in [0.15, 0.2) is 28.0 Å². The standard InChI is InChI=1S/C21H31N3O4S2/c1-5-23(6-2)30(27,28)17-7-8-19-18(10-17)24(21(26)14-29-19)13-20(25)22-11-15(3)9-16(4)12-22/h7-8,10,15-16H,5-6,9,11-14H2,1-4H3/t15-,16-/m1/s1. The van der Waals surface area contributed by atoms with E-state index in [1.54, 1.807) is 32.0 Å². The van der Waals surface area contributed by atoms with Crippen molar-refractivity contribution in [2.24, 2.45) is 11.8 Å². The molecule has 166 valence electrons. The van der Waals surface area contributed by atoms with Crippen LogP contribution in [0.5, 0.6) is 0 Å². The molecule has 0 radical (unpaired) electrons. The Morgan fingerprint density at radius 1 is 1.17 bits per heavy atom. The number of rotatable bonds is 6. The van der Waals surface area contributed by atoms with Crippen LogP contribution in [0.1, 0.15) is 34.1 Å². The van der Waals surface area contributed by atoms with E-state index >= 15 is 0 Å². The van der Waals surface area contributed by atoms with Gasteiger partial charge in [0.1, 0.15) is 6.54 Å². The van der Waals surface area contributed by atoms with Crippen LogP contribution in [0.25, 0.3) is 0 Å².